The molecule has 0 aromatic heterocycles. The second-order valence-electron chi connectivity index (χ2n) is 2.33. The zero-order valence-electron chi connectivity index (χ0n) is 5.01. The first kappa shape index (κ1) is 6.68. The Morgan fingerprint density at radius 3 is 2.78 bits per heavy atom. The van der Waals surface area contributed by atoms with E-state index >= 15 is 0 Å². The normalized spacial score (nSPS) is 36.9. The predicted octanol–water partition coefficient (Wildman–Crippen LogP) is 0.438. The van der Waals surface area contributed by atoms with E-state index in [1.54, 1.807) is 0 Å². The lowest BCUT2D eigenvalue weighted by atomic mass is 9.95. The number of carbonyl (C=O) groups excluding carboxylic acids is 1. The number of alkyl halides is 1. The van der Waals surface area contributed by atoms with Crippen molar-refractivity contribution in [3.8, 4) is 0 Å². The molecule has 52 valence electrons. The molecule has 2 unspecified atom stereocenters. The molecule has 1 fully saturated rings. The van der Waals surface area contributed by atoms with Gasteiger partial charge in [0.25, 0.3) is 0 Å². The highest BCUT2D eigenvalue weighted by Gasteiger charge is 2.29. The topological polar surface area (TPSA) is 37.3 Å². The molecule has 3 heteroatoms. The van der Waals surface area contributed by atoms with Crippen LogP contribution < -0.4 is 0 Å². The summed E-state index contributed by atoms with van der Waals surface area (Å²) in [5.41, 5.74) is 0. The fourth-order valence-corrected chi connectivity index (χ4v) is 0.984. The van der Waals surface area contributed by atoms with Gasteiger partial charge in [-0.3, -0.25) is 4.79 Å². The van der Waals surface area contributed by atoms with Crippen LogP contribution in [0.2, 0.25) is 0 Å². The molecular weight excluding hydrogens is 123 g/mol. The maximum Gasteiger partial charge on any atom is 0.184 e. The van der Waals surface area contributed by atoms with E-state index in [-0.39, 0.29) is 6.42 Å². The second kappa shape index (κ2) is 2.43. The minimum absolute atomic E-state index is 0.290. The molecule has 0 spiro atoms. The minimum Gasteiger partial charge on any atom is -0.390 e. The van der Waals surface area contributed by atoms with Crippen molar-refractivity contribution in [1.82, 2.24) is 0 Å². The summed E-state index contributed by atoms with van der Waals surface area (Å²) < 4.78 is 12.4. The summed E-state index contributed by atoms with van der Waals surface area (Å²) in [4.78, 5) is 10.5. The summed E-state index contributed by atoms with van der Waals surface area (Å²) in [6.07, 6.45) is -1.31. The van der Waals surface area contributed by atoms with E-state index in [1.165, 1.54) is 0 Å². The van der Waals surface area contributed by atoms with Crippen LogP contribution in [0.5, 0.6) is 0 Å². The lowest BCUT2D eigenvalue weighted by Gasteiger charge is -2.18. The first-order valence-corrected chi connectivity index (χ1v) is 3.06. The highest BCUT2D eigenvalue weighted by Crippen LogP contribution is 2.17. The van der Waals surface area contributed by atoms with E-state index < -0.39 is 18.1 Å². The molecule has 0 bridgehead atoms. The van der Waals surface area contributed by atoms with Crippen LogP contribution in [0.3, 0.4) is 0 Å². The lowest BCUT2D eigenvalue weighted by Crippen LogP contribution is -2.33. The number of ketones is 1. The molecule has 1 rings (SSSR count). The summed E-state index contributed by atoms with van der Waals surface area (Å²) in [5.74, 6) is -0.450. The summed E-state index contributed by atoms with van der Waals surface area (Å²) in [7, 11) is 0. The number of halogens is 1. The average molecular weight is 132 g/mol. The average Bonchev–Trinajstić information content (AvgIpc) is 1.83. The van der Waals surface area contributed by atoms with E-state index in [9.17, 15) is 9.18 Å². The van der Waals surface area contributed by atoms with Gasteiger partial charge in [-0.15, -0.1) is 0 Å². The number of hydrogen-bond acceptors (Lipinski definition) is 2. The maximum absolute atomic E-state index is 12.4. The number of Topliss-reactive ketones (excluding diaryl/α,β-unsaturated/α-hetero) is 1. The molecule has 0 radical (unpaired) electrons. The smallest absolute Gasteiger partial charge is 0.184 e. The van der Waals surface area contributed by atoms with Gasteiger partial charge in [0.2, 0.25) is 0 Å². The highest BCUT2D eigenvalue weighted by molar-refractivity contribution is 5.84. The van der Waals surface area contributed by atoms with Gasteiger partial charge in [0.1, 0.15) is 0 Å². The van der Waals surface area contributed by atoms with Gasteiger partial charge in [-0.1, -0.05) is 0 Å². The lowest BCUT2D eigenvalue weighted by molar-refractivity contribution is -0.130. The standard InChI is InChI=1S/C6H9FO2/c7-6-4(8)2-1-3-5(6)9/h4,6,8H,1-3H2. The Kier molecular flexibility index (Phi) is 1.81. The number of rotatable bonds is 0. The molecule has 0 saturated heterocycles. The monoisotopic (exact) mass is 132 g/mol. The van der Waals surface area contributed by atoms with E-state index in [2.05, 4.69) is 0 Å². The van der Waals surface area contributed by atoms with Crippen molar-refractivity contribution in [3.63, 3.8) is 0 Å². The van der Waals surface area contributed by atoms with Crippen molar-refractivity contribution in [3.05, 3.63) is 0 Å². The van der Waals surface area contributed by atoms with Crippen molar-refractivity contribution < 1.29 is 14.3 Å². The van der Waals surface area contributed by atoms with Gasteiger partial charge in [0.05, 0.1) is 6.10 Å². The fraction of sp³-hybridized carbons (Fsp3) is 0.833. The van der Waals surface area contributed by atoms with Crippen LogP contribution >= 0.6 is 0 Å². The fourth-order valence-electron chi connectivity index (χ4n) is 0.984. The maximum atomic E-state index is 12.4. The van der Waals surface area contributed by atoms with Crippen molar-refractivity contribution in [1.29, 1.82) is 0 Å². The highest BCUT2D eigenvalue weighted by atomic mass is 19.1. The summed E-state index contributed by atoms with van der Waals surface area (Å²) in [6, 6.07) is 0. The van der Waals surface area contributed by atoms with Gasteiger partial charge in [0.15, 0.2) is 12.0 Å². The third-order valence-electron chi connectivity index (χ3n) is 1.57. The first-order valence-electron chi connectivity index (χ1n) is 3.06. The predicted molar refractivity (Wildman–Crippen MR) is 29.8 cm³/mol. The molecule has 0 aliphatic heterocycles. The van der Waals surface area contributed by atoms with Crippen molar-refractivity contribution in [2.24, 2.45) is 0 Å². The molecule has 1 aliphatic carbocycles. The van der Waals surface area contributed by atoms with E-state index in [0.717, 1.165) is 0 Å². The van der Waals surface area contributed by atoms with Gasteiger partial charge < -0.3 is 5.11 Å². The van der Waals surface area contributed by atoms with Crippen LogP contribution in [0, 0.1) is 0 Å². The number of aliphatic hydroxyl groups excluding tert-OH is 1. The first-order chi connectivity index (χ1) is 4.22. The molecule has 1 aliphatic rings. The van der Waals surface area contributed by atoms with Crippen LogP contribution in [-0.4, -0.2) is 23.2 Å². The van der Waals surface area contributed by atoms with Crippen molar-refractivity contribution in [2.45, 2.75) is 31.5 Å². The number of carbonyl (C=O) groups is 1. The Labute approximate surface area is 52.7 Å². The molecule has 0 heterocycles. The Balaban J connectivity index is 2.51. The molecule has 0 aromatic carbocycles. The quantitative estimate of drug-likeness (QED) is 0.519. The minimum atomic E-state index is -1.61. The third-order valence-corrected chi connectivity index (χ3v) is 1.57. The van der Waals surface area contributed by atoms with Crippen LogP contribution in [0.25, 0.3) is 0 Å². The molecule has 2 atom stereocenters. The summed E-state index contributed by atoms with van der Waals surface area (Å²) in [5, 5.41) is 8.75. The number of aliphatic hydroxyl groups is 1. The Hall–Kier alpha value is -0.440. The molecule has 2 nitrogen and oxygen atoms in total. The van der Waals surface area contributed by atoms with Crippen LogP contribution in [0.15, 0.2) is 0 Å². The zero-order valence-corrected chi connectivity index (χ0v) is 5.01. The summed E-state index contributed by atoms with van der Waals surface area (Å²) in [6.45, 7) is 0. The van der Waals surface area contributed by atoms with E-state index in [0.29, 0.717) is 12.8 Å². The third kappa shape index (κ3) is 1.27. The molecule has 0 amide bonds. The van der Waals surface area contributed by atoms with Gasteiger partial charge >= 0.3 is 0 Å². The molecule has 9 heavy (non-hydrogen) atoms. The second-order valence-corrected chi connectivity index (χ2v) is 2.33. The SMILES string of the molecule is O=C1CCCC(O)C1F. The largest absolute Gasteiger partial charge is 0.390 e. The van der Waals surface area contributed by atoms with Crippen LogP contribution in [-0.2, 0) is 4.79 Å². The van der Waals surface area contributed by atoms with Crippen LogP contribution in [0.1, 0.15) is 19.3 Å². The Morgan fingerprint density at radius 1 is 1.67 bits per heavy atom. The molecule has 1 saturated carbocycles. The number of hydrogen-bond donors (Lipinski definition) is 1. The summed E-state index contributed by atoms with van der Waals surface area (Å²) >= 11 is 0. The molecule has 1 N–H and O–H groups in total. The molecule has 0 aromatic rings. The Bertz CT molecular complexity index is 124. The zero-order chi connectivity index (χ0) is 6.85. The molecular formula is C6H9FO2. The van der Waals surface area contributed by atoms with Crippen molar-refractivity contribution >= 4 is 5.78 Å². The van der Waals surface area contributed by atoms with Crippen molar-refractivity contribution in [2.75, 3.05) is 0 Å². The van der Waals surface area contributed by atoms with E-state index in [1.807, 2.05) is 0 Å². The van der Waals surface area contributed by atoms with Gasteiger partial charge in [-0.2, -0.15) is 0 Å². The Morgan fingerprint density at radius 2 is 2.33 bits per heavy atom. The van der Waals surface area contributed by atoms with Gasteiger partial charge in [-0.05, 0) is 12.8 Å². The van der Waals surface area contributed by atoms with Crippen LogP contribution in [0.4, 0.5) is 4.39 Å². The van der Waals surface area contributed by atoms with E-state index in [4.69, 9.17) is 5.11 Å². The van der Waals surface area contributed by atoms with Gasteiger partial charge in [-0.25, -0.2) is 4.39 Å². The van der Waals surface area contributed by atoms with Gasteiger partial charge in [0, 0.05) is 6.42 Å².